The minimum Gasteiger partial charge on any atom is -0.481 e. The van der Waals surface area contributed by atoms with Gasteiger partial charge in [-0.2, -0.15) is 0 Å². The lowest BCUT2D eigenvalue weighted by Crippen LogP contribution is -2.40. The van der Waals surface area contributed by atoms with Gasteiger partial charge in [0.25, 0.3) is 0 Å². The van der Waals surface area contributed by atoms with Gasteiger partial charge in [0.2, 0.25) is 0 Å². The van der Waals surface area contributed by atoms with Gasteiger partial charge in [-0.05, 0) is 23.8 Å². The summed E-state index contributed by atoms with van der Waals surface area (Å²) in [6.07, 6.45) is 3.38. The Morgan fingerprint density at radius 1 is 1.33 bits per heavy atom. The SMILES string of the molecule is O=C(O)C1CN(Cc2ccccc2)CC12CCC2. The molecule has 1 atom stereocenters. The minimum absolute atomic E-state index is 0.0839. The number of carboxylic acids is 1. The van der Waals surface area contributed by atoms with E-state index in [1.165, 1.54) is 12.0 Å². The van der Waals surface area contributed by atoms with Crippen molar-refractivity contribution in [1.29, 1.82) is 0 Å². The van der Waals surface area contributed by atoms with Gasteiger partial charge in [0, 0.05) is 19.6 Å². The molecular formula is C15H19NO2. The Morgan fingerprint density at radius 2 is 2.06 bits per heavy atom. The predicted molar refractivity (Wildman–Crippen MR) is 69.1 cm³/mol. The van der Waals surface area contributed by atoms with Crippen LogP contribution in [0.25, 0.3) is 0 Å². The first-order valence-electron chi connectivity index (χ1n) is 6.69. The zero-order chi connectivity index (χ0) is 12.6. The van der Waals surface area contributed by atoms with Gasteiger partial charge in [-0.1, -0.05) is 36.8 Å². The largest absolute Gasteiger partial charge is 0.481 e. The third-order valence-electron chi connectivity index (χ3n) is 4.61. The molecule has 1 aliphatic heterocycles. The van der Waals surface area contributed by atoms with Gasteiger partial charge in [-0.3, -0.25) is 9.69 Å². The maximum atomic E-state index is 11.4. The molecule has 1 N–H and O–H groups in total. The number of carboxylic acid groups (broad SMARTS) is 1. The second kappa shape index (κ2) is 4.39. The molecule has 1 unspecified atom stereocenters. The Balaban J connectivity index is 1.71. The summed E-state index contributed by atoms with van der Waals surface area (Å²) in [5, 5.41) is 9.37. The van der Waals surface area contributed by atoms with Crippen molar-refractivity contribution in [2.24, 2.45) is 11.3 Å². The van der Waals surface area contributed by atoms with E-state index in [1.54, 1.807) is 0 Å². The number of likely N-dealkylation sites (tertiary alicyclic amines) is 1. The van der Waals surface area contributed by atoms with E-state index < -0.39 is 5.97 Å². The molecule has 1 aliphatic carbocycles. The lowest BCUT2D eigenvalue weighted by Gasteiger charge is -2.41. The molecule has 0 aromatic heterocycles. The third-order valence-corrected chi connectivity index (χ3v) is 4.61. The van der Waals surface area contributed by atoms with Crippen LogP contribution in [0, 0.1) is 11.3 Å². The number of rotatable bonds is 3. The Hall–Kier alpha value is -1.35. The molecule has 0 radical (unpaired) electrons. The molecule has 3 heteroatoms. The molecule has 1 heterocycles. The second-order valence-corrected chi connectivity index (χ2v) is 5.76. The summed E-state index contributed by atoms with van der Waals surface area (Å²) in [7, 11) is 0. The number of benzene rings is 1. The van der Waals surface area contributed by atoms with Gasteiger partial charge in [0.15, 0.2) is 0 Å². The van der Waals surface area contributed by atoms with Crippen molar-refractivity contribution in [2.45, 2.75) is 25.8 Å². The zero-order valence-corrected chi connectivity index (χ0v) is 10.5. The van der Waals surface area contributed by atoms with E-state index in [0.29, 0.717) is 6.54 Å². The summed E-state index contributed by atoms with van der Waals surface area (Å²) < 4.78 is 0. The van der Waals surface area contributed by atoms with Crippen LogP contribution in [0.5, 0.6) is 0 Å². The summed E-state index contributed by atoms with van der Waals surface area (Å²) in [6.45, 7) is 2.55. The van der Waals surface area contributed by atoms with Gasteiger partial charge in [-0.15, -0.1) is 0 Å². The maximum Gasteiger partial charge on any atom is 0.308 e. The normalized spacial score (nSPS) is 26.1. The van der Waals surface area contributed by atoms with Gasteiger partial charge >= 0.3 is 5.97 Å². The summed E-state index contributed by atoms with van der Waals surface area (Å²) in [5.41, 5.74) is 1.36. The van der Waals surface area contributed by atoms with Crippen LogP contribution >= 0.6 is 0 Å². The highest BCUT2D eigenvalue weighted by Crippen LogP contribution is 2.51. The Labute approximate surface area is 107 Å². The fraction of sp³-hybridized carbons (Fsp3) is 0.533. The van der Waals surface area contributed by atoms with Crippen LogP contribution in [0.4, 0.5) is 0 Å². The van der Waals surface area contributed by atoms with E-state index in [0.717, 1.165) is 25.9 Å². The molecular weight excluding hydrogens is 226 g/mol. The number of hydrogen-bond donors (Lipinski definition) is 1. The first kappa shape index (κ1) is 11.7. The molecule has 18 heavy (non-hydrogen) atoms. The minimum atomic E-state index is -0.606. The first-order chi connectivity index (χ1) is 8.70. The van der Waals surface area contributed by atoms with Crippen molar-refractivity contribution in [3.05, 3.63) is 35.9 Å². The lowest BCUT2D eigenvalue weighted by molar-refractivity contribution is -0.146. The molecule has 1 aromatic rings. The van der Waals surface area contributed by atoms with Gasteiger partial charge < -0.3 is 5.11 Å². The summed E-state index contributed by atoms with van der Waals surface area (Å²) in [4.78, 5) is 13.7. The summed E-state index contributed by atoms with van der Waals surface area (Å²) >= 11 is 0. The Bertz CT molecular complexity index is 439. The van der Waals surface area contributed by atoms with Crippen LogP contribution in [0.15, 0.2) is 30.3 Å². The molecule has 1 saturated heterocycles. The van der Waals surface area contributed by atoms with Crippen LogP contribution < -0.4 is 0 Å². The third kappa shape index (κ3) is 1.93. The van der Waals surface area contributed by atoms with Crippen molar-refractivity contribution in [3.63, 3.8) is 0 Å². The highest BCUT2D eigenvalue weighted by molar-refractivity contribution is 5.72. The van der Waals surface area contributed by atoms with E-state index in [-0.39, 0.29) is 11.3 Å². The highest BCUT2D eigenvalue weighted by atomic mass is 16.4. The molecule has 0 bridgehead atoms. The monoisotopic (exact) mass is 245 g/mol. The van der Waals surface area contributed by atoms with Crippen LogP contribution in [-0.4, -0.2) is 29.1 Å². The first-order valence-corrected chi connectivity index (χ1v) is 6.69. The second-order valence-electron chi connectivity index (χ2n) is 5.76. The van der Waals surface area contributed by atoms with Gasteiger partial charge in [0.05, 0.1) is 5.92 Å². The van der Waals surface area contributed by atoms with Crippen LogP contribution in [0.2, 0.25) is 0 Å². The maximum absolute atomic E-state index is 11.4. The number of aliphatic carboxylic acids is 1. The molecule has 1 spiro atoms. The van der Waals surface area contributed by atoms with E-state index in [2.05, 4.69) is 17.0 Å². The lowest BCUT2D eigenvalue weighted by atomic mass is 9.63. The molecule has 1 saturated carbocycles. The zero-order valence-electron chi connectivity index (χ0n) is 10.5. The van der Waals surface area contributed by atoms with Crippen LogP contribution in [0.1, 0.15) is 24.8 Å². The fourth-order valence-electron chi connectivity index (χ4n) is 3.51. The molecule has 2 fully saturated rings. The van der Waals surface area contributed by atoms with Crippen molar-refractivity contribution < 1.29 is 9.90 Å². The topological polar surface area (TPSA) is 40.5 Å². The average molecular weight is 245 g/mol. The smallest absolute Gasteiger partial charge is 0.308 e. The Kier molecular flexibility index (Phi) is 2.86. The van der Waals surface area contributed by atoms with Crippen molar-refractivity contribution in [2.75, 3.05) is 13.1 Å². The summed E-state index contributed by atoms with van der Waals surface area (Å²) in [5.74, 6) is -0.764. The summed E-state index contributed by atoms with van der Waals surface area (Å²) in [6, 6.07) is 10.3. The molecule has 3 rings (SSSR count). The quantitative estimate of drug-likeness (QED) is 0.888. The Morgan fingerprint density at radius 3 is 2.56 bits per heavy atom. The number of nitrogens with zero attached hydrogens (tertiary/aromatic N) is 1. The molecule has 3 nitrogen and oxygen atoms in total. The van der Waals surface area contributed by atoms with E-state index >= 15 is 0 Å². The van der Waals surface area contributed by atoms with Crippen molar-refractivity contribution >= 4 is 5.97 Å². The molecule has 96 valence electrons. The average Bonchev–Trinajstić information content (AvgIpc) is 2.70. The van der Waals surface area contributed by atoms with Crippen molar-refractivity contribution in [3.8, 4) is 0 Å². The van der Waals surface area contributed by atoms with Crippen LogP contribution in [-0.2, 0) is 11.3 Å². The number of carbonyl (C=O) groups is 1. The van der Waals surface area contributed by atoms with E-state index in [1.807, 2.05) is 18.2 Å². The standard InChI is InChI=1S/C15H19NO2/c17-14(18)13-10-16(11-15(13)7-4-8-15)9-12-5-2-1-3-6-12/h1-3,5-6,13H,4,7-11H2,(H,17,18). The van der Waals surface area contributed by atoms with Gasteiger partial charge in [0.1, 0.15) is 0 Å². The fourth-order valence-corrected chi connectivity index (χ4v) is 3.51. The van der Waals surface area contributed by atoms with Crippen molar-refractivity contribution in [1.82, 2.24) is 4.90 Å². The number of hydrogen-bond acceptors (Lipinski definition) is 2. The predicted octanol–water partition coefficient (Wildman–Crippen LogP) is 2.37. The molecule has 2 aliphatic rings. The van der Waals surface area contributed by atoms with E-state index in [9.17, 15) is 9.90 Å². The van der Waals surface area contributed by atoms with Crippen LogP contribution in [0.3, 0.4) is 0 Å². The molecule has 0 amide bonds. The highest BCUT2D eigenvalue weighted by Gasteiger charge is 2.53. The molecule has 1 aromatic carbocycles. The van der Waals surface area contributed by atoms with E-state index in [4.69, 9.17) is 0 Å². The van der Waals surface area contributed by atoms with Gasteiger partial charge in [-0.25, -0.2) is 0 Å².